The van der Waals surface area contributed by atoms with Gasteiger partial charge < -0.3 is 9.52 Å². The molecule has 1 heterocycles. The Bertz CT molecular complexity index is 799. The molecular weight excluding hydrogens is 242 g/mol. The van der Waals surface area contributed by atoms with Crippen molar-refractivity contribution in [3.63, 3.8) is 0 Å². The summed E-state index contributed by atoms with van der Waals surface area (Å²) in [4.78, 5) is 11.9. The molecule has 1 aromatic heterocycles. The Morgan fingerprint density at radius 3 is 2.84 bits per heavy atom. The van der Waals surface area contributed by atoms with Crippen LogP contribution in [0.3, 0.4) is 0 Å². The van der Waals surface area contributed by atoms with Gasteiger partial charge in [0, 0.05) is 0 Å². The van der Waals surface area contributed by atoms with Gasteiger partial charge in [0.15, 0.2) is 5.58 Å². The van der Waals surface area contributed by atoms with E-state index in [9.17, 15) is 9.90 Å². The number of phenols is 1. The van der Waals surface area contributed by atoms with Crippen molar-refractivity contribution in [2.24, 2.45) is 0 Å². The summed E-state index contributed by atoms with van der Waals surface area (Å²) in [6, 6.07) is 12.5. The van der Waals surface area contributed by atoms with Crippen molar-refractivity contribution in [2.75, 3.05) is 0 Å². The van der Waals surface area contributed by atoms with Gasteiger partial charge in [0.25, 0.3) is 0 Å². The Hall–Kier alpha value is -2.49. The highest BCUT2D eigenvalue weighted by atomic mass is 16.4. The highest BCUT2D eigenvalue weighted by Crippen LogP contribution is 2.17. The highest BCUT2D eigenvalue weighted by molar-refractivity contribution is 5.73. The molecule has 3 rings (SSSR count). The minimum atomic E-state index is -0.385. The molecule has 0 aliphatic rings. The van der Waals surface area contributed by atoms with Gasteiger partial charge in [0.1, 0.15) is 5.75 Å². The number of fused-ring (bicyclic) bond motifs is 1. The SMILES string of the molecule is Cc1ccc2c(c1)oc(=O)n2Cc1cccc(O)c1. The van der Waals surface area contributed by atoms with Gasteiger partial charge in [-0.1, -0.05) is 18.2 Å². The lowest BCUT2D eigenvalue weighted by molar-refractivity contribution is 0.473. The lowest BCUT2D eigenvalue weighted by Gasteiger charge is -2.03. The molecule has 0 fully saturated rings. The zero-order chi connectivity index (χ0) is 13.4. The smallest absolute Gasteiger partial charge is 0.420 e. The fourth-order valence-corrected chi connectivity index (χ4v) is 2.16. The Labute approximate surface area is 109 Å². The first kappa shape index (κ1) is 11.6. The third kappa shape index (κ3) is 2.12. The molecule has 3 aromatic rings. The molecule has 0 saturated heterocycles. The van der Waals surface area contributed by atoms with Crippen molar-refractivity contribution in [3.8, 4) is 5.75 Å². The van der Waals surface area contributed by atoms with Crippen LogP contribution >= 0.6 is 0 Å². The number of rotatable bonds is 2. The highest BCUT2D eigenvalue weighted by Gasteiger charge is 2.09. The van der Waals surface area contributed by atoms with Gasteiger partial charge in [0.2, 0.25) is 0 Å². The van der Waals surface area contributed by atoms with Crippen LogP contribution in [-0.4, -0.2) is 9.67 Å². The molecule has 0 spiro atoms. The summed E-state index contributed by atoms with van der Waals surface area (Å²) in [6.07, 6.45) is 0. The van der Waals surface area contributed by atoms with Crippen molar-refractivity contribution in [1.29, 1.82) is 0 Å². The number of hydrogen-bond acceptors (Lipinski definition) is 3. The molecule has 0 aliphatic heterocycles. The number of hydrogen-bond donors (Lipinski definition) is 1. The van der Waals surface area contributed by atoms with Crippen molar-refractivity contribution >= 4 is 11.1 Å². The Morgan fingerprint density at radius 2 is 2.05 bits per heavy atom. The van der Waals surface area contributed by atoms with Gasteiger partial charge in [-0.25, -0.2) is 4.79 Å². The van der Waals surface area contributed by atoms with Crippen molar-refractivity contribution < 1.29 is 9.52 Å². The maximum absolute atomic E-state index is 11.9. The lowest BCUT2D eigenvalue weighted by Crippen LogP contribution is -2.14. The van der Waals surface area contributed by atoms with Crippen LogP contribution in [0.4, 0.5) is 0 Å². The second-order valence-electron chi connectivity index (χ2n) is 4.60. The first-order chi connectivity index (χ1) is 9.13. The molecule has 2 aromatic carbocycles. The molecule has 0 radical (unpaired) electrons. The van der Waals surface area contributed by atoms with E-state index in [2.05, 4.69) is 0 Å². The van der Waals surface area contributed by atoms with Gasteiger partial charge >= 0.3 is 5.76 Å². The molecule has 96 valence electrons. The number of phenolic OH excluding ortho intramolecular Hbond substituents is 1. The van der Waals surface area contributed by atoms with Crippen LogP contribution in [0.1, 0.15) is 11.1 Å². The van der Waals surface area contributed by atoms with Crippen molar-refractivity contribution in [3.05, 3.63) is 64.1 Å². The van der Waals surface area contributed by atoms with E-state index in [1.165, 1.54) is 0 Å². The zero-order valence-corrected chi connectivity index (χ0v) is 10.5. The number of oxazole rings is 1. The third-order valence-corrected chi connectivity index (χ3v) is 3.08. The van der Waals surface area contributed by atoms with Crippen LogP contribution in [0.15, 0.2) is 51.7 Å². The van der Waals surface area contributed by atoms with E-state index in [-0.39, 0.29) is 11.5 Å². The first-order valence-electron chi connectivity index (χ1n) is 6.01. The molecule has 0 bridgehead atoms. The predicted molar refractivity (Wildman–Crippen MR) is 72.4 cm³/mol. The van der Waals surface area contributed by atoms with Crippen LogP contribution < -0.4 is 5.76 Å². The maximum Gasteiger partial charge on any atom is 0.420 e. The van der Waals surface area contributed by atoms with E-state index >= 15 is 0 Å². The van der Waals surface area contributed by atoms with Gasteiger partial charge in [-0.2, -0.15) is 0 Å². The first-order valence-corrected chi connectivity index (χ1v) is 6.01. The molecule has 4 nitrogen and oxygen atoms in total. The summed E-state index contributed by atoms with van der Waals surface area (Å²) in [7, 11) is 0. The quantitative estimate of drug-likeness (QED) is 0.766. The molecular formula is C15H13NO3. The average Bonchev–Trinajstić information content (AvgIpc) is 2.65. The van der Waals surface area contributed by atoms with Crippen LogP contribution in [-0.2, 0) is 6.54 Å². The zero-order valence-electron chi connectivity index (χ0n) is 10.5. The average molecular weight is 255 g/mol. The number of benzene rings is 2. The number of aryl methyl sites for hydroxylation is 1. The van der Waals surface area contributed by atoms with Crippen LogP contribution in [0.5, 0.6) is 5.75 Å². The number of aromatic hydroxyl groups is 1. The predicted octanol–water partition coefficient (Wildman–Crippen LogP) is 2.66. The molecule has 0 amide bonds. The fourth-order valence-electron chi connectivity index (χ4n) is 2.16. The largest absolute Gasteiger partial charge is 0.508 e. The minimum Gasteiger partial charge on any atom is -0.508 e. The molecule has 0 atom stereocenters. The van der Waals surface area contributed by atoms with E-state index in [0.29, 0.717) is 12.1 Å². The fraction of sp³-hybridized carbons (Fsp3) is 0.133. The normalized spacial score (nSPS) is 11.0. The van der Waals surface area contributed by atoms with E-state index in [4.69, 9.17) is 4.42 Å². The summed E-state index contributed by atoms with van der Waals surface area (Å²) in [5, 5.41) is 9.45. The molecule has 0 unspecified atom stereocenters. The molecule has 1 N–H and O–H groups in total. The van der Waals surface area contributed by atoms with Crippen molar-refractivity contribution in [2.45, 2.75) is 13.5 Å². The molecule has 0 aliphatic carbocycles. The van der Waals surface area contributed by atoms with Crippen LogP contribution in [0.25, 0.3) is 11.1 Å². The third-order valence-electron chi connectivity index (χ3n) is 3.08. The van der Waals surface area contributed by atoms with Gasteiger partial charge in [-0.3, -0.25) is 4.57 Å². The summed E-state index contributed by atoms with van der Waals surface area (Å²) in [6.45, 7) is 2.33. The Morgan fingerprint density at radius 1 is 1.21 bits per heavy atom. The van der Waals surface area contributed by atoms with E-state index in [0.717, 1.165) is 16.6 Å². The van der Waals surface area contributed by atoms with Gasteiger partial charge in [-0.05, 0) is 42.3 Å². The van der Waals surface area contributed by atoms with Gasteiger partial charge in [-0.15, -0.1) is 0 Å². The second kappa shape index (κ2) is 4.31. The molecule has 19 heavy (non-hydrogen) atoms. The second-order valence-corrected chi connectivity index (χ2v) is 4.60. The standard InChI is InChI=1S/C15H13NO3/c1-10-5-6-13-14(7-10)19-15(18)16(13)9-11-3-2-4-12(17)8-11/h2-8,17H,9H2,1H3. The summed E-state index contributed by atoms with van der Waals surface area (Å²) in [5.41, 5.74) is 3.25. The van der Waals surface area contributed by atoms with E-state index in [1.54, 1.807) is 22.8 Å². The summed E-state index contributed by atoms with van der Waals surface area (Å²) >= 11 is 0. The molecule has 0 saturated carbocycles. The summed E-state index contributed by atoms with van der Waals surface area (Å²) in [5.74, 6) is -0.196. The maximum atomic E-state index is 11.9. The lowest BCUT2D eigenvalue weighted by atomic mass is 10.2. The Balaban J connectivity index is 2.10. The van der Waals surface area contributed by atoms with Gasteiger partial charge in [0.05, 0.1) is 12.1 Å². The van der Waals surface area contributed by atoms with Crippen LogP contribution in [0.2, 0.25) is 0 Å². The molecule has 4 heteroatoms. The van der Waals surface area contributed by atoms with Crippen LogP contribution in [0, 0.1) is 6.92 Å². The minimum absolute atomic E-state index is 0.189. The number of aromatic nitrogens is 1. The van der Waals surface area contributed by atoms with E-state index < -0.39 is 0 Å². The monoisotopic (exact) mass is 255 g/mol. The van der Waals surface area contributed by atoms with Crippen molar-refractivity contribution in [1.82, 2.24) is 4.57 Å². The number of nitrogens with zero attached hydrogens (tertiary/aromatic N) is 1. The summed E-state index contributed by atoms with van der Waals surface area (Å²) < 4.78 is 6.79. The topological polar surface area (TPSA) is 55.4 Å². The van der Waals surface area contributed by atoms with E-state index in [1.807, 2.05) is 31.2 Å². The Kier molecular flexibility index (Phi) is 2.63.